The smallest absolute Gasteiger partial charge is 0.226 e. The molecular formula is C18H22N2OS. The Balaban J connectivity index is 1.75. The second kappa shape index (κ2) is 6.61. The van der Waals surface area contributed by atoms with Crippen molar-refractivity contribution in [3.63, 3.8) is 0 Å². The minimum Gasteiger partial charge on any atom is -0.302 e. The van der Waals surface area contributed by atoms with Crippen LogP contribution in [0.2, 0.25) is 0 Å². The van der Waals surface area contributed by atoms with E-state index in [0.29, 0.717) is 17.5 Å². The summed E-state index contributed by atoms with van der Waals surface area (Å²) >= 11 is 1.49. The first-order chi connectivity index (χ1) is 10.6. The first-order valence-electron chi connectivity index (χ1n) is 7.99. The number of hydrogen-bond donors (Lipinski definition) is 1. The van der Waals surface area contributed by atoms with Crippen molar-refractivity contribution in [3.8, 4) is 11.3 Å². The van der Waals surface area contributed by atoms with Crippen molar-refractivity contribution < 1.29 is 4.79 Å². The van der Waals surface area contributed by atoms with Crippen LogP contribution in [0, 0.1) is 5.92 Å². The monoisotopic (exact) mass is 314 g/mol. The molecule has 1 aromatic carbocycles. The summed E-state index contributed by atoms with van der Waals surface area (Å²) in [6.45, 7) is 4.08. The lowest BCUT2D eigenvalue weighted by atomic mass is 9.90. The Kier molecular flexibility index (Phi) is 4.57. The van der Waals surface area contributed by atoms with Crippen molar-refractivity contribution in [1.29, 1.82) is 0 Å². The standard InChI is InChI=1S/C18H22N2OS/c1-12(2)9-17(21)20-18-19-16(11-22-18)15-8-7-13-5-3-4-6-14(13)10-15/h7-8,10-12H,3-6,9H2,1-2H3,(H,19,20,21). The van der Waals surface area contributed by atoms with Gasteiger partial charge >= 0.3 is 0 Å². The van der Waals surface area contributed by atoms with Crippen LogP contribution < -0.4 is 5.32 Å². The average molecular weight is 314 g/mol. The van der Waals surface area contributed by atoms with Crippen LogP contribution in [-0.2, 0) is 17.6 Å². The molecule has 22 heavy (non-hydrogen) atoms. The zero-order valence-corrected chi connectivity index (χ0v) is 14.0. The first kappa shape index (κ1) is 15.2. The van der Waals surface area contributed by atoms with E-state index in [1.807, 2.05) is 19.2 Å². The van der Waals surface area contributed by atoms with Crippen LogP contribution in [0.15, 0.2) is 23.6 Å². The van der Waals surface area contributed by atoms with Crippen LogP contribution >= 0.6 is 11.3 Å². The summed E-state index contributed by atoms with van der Waals surface area (Å²) in [4.78, 5) is 16.4. The molecule has 0 spiro atoms. The topological polar surface area (TPSA) is 42.0 Å². The Morgan fingerprint density at radius 2 is 2.05 bits per heavy atom. The van der Waals surface area contributed by atoms with Gasteiger partial charge in [-0.2, -0.15) is 0 Å². The molecule has 0 saturated carbocycles. The molecule has 2 aromatic rings. The van der Waals surface area contributed by atoms with Gasteiger partial charge in [-0.05, 0) is 48.8 Å². The number of carbonyl (C=O) groups excluding carboxylic acids is 1. The van der Waals surface area contributed by atoms with E-state index in [1.165, 1.54) is 48.1 Å². The second-order valence-electron chi connectivity index (χ2n) is 6.37. The summed E-state index contributed by atoms with van der Waals surface area (Å²) < 4.78 is 0. The van der Waals surface area contributed by atoms with E-state index in [9.17, 15) is 4.79 Å². The van der Waals surface area contributed by atoms with Crippen LogP contribution in [0.5, 0.6) is 0 Å². The van der Waals surface area contributed by atoms with Crippen molar-refractivity contribution >= 4 is 22.4 Å². The third-order valence-corrected chi connectivity index (χ3v) is 4.75. The molecule has 0 unspecified atom stereocenters. The molecule has 1 amide bonds. The Morgan fingerprint density at radius 1 is 1.27 bits per heavy atom. The van der Waals surface area contributed by atoms with Gasteiger partial charge in [0, 0.05) is 17.4 Å². The van der Waals surface area contributed by atoms with Crippen molar-refractivity contribution in [2.45, 2.75) is 46.0 Å². The van der Waals surface area contributed by atoms with Gasteiger partial charge in [-0.15, -0.1) is 11.3 Å². The predicted octanol–water partition coefficient (Wildman–Crippen LogP) is 4.67. The molecule has 0 fully saturated rings. The Hall–Kier alpha value is -1.68. The highest BCUT2D eigenvalue weighted by molar-refractivity contribution is 7.14. The van der Waals surface area contributed by atoms with Gasteiger partial charge in [-0.1, -0.05) is 26.0 Å². The largest absolute Gasteiger partial charge is 0.302 e. The van der Waals surface area contributed by atoms with Crippen molar-refractivity contribution in [1.82, 2.24) is 4.98 Å². The van der Waals surface area contributed by atoms with Crippen LogP contribution in [-0.4, -0.2) is 10.9 Å². The maximum Gasteiger partial charge on any atom is 0.226 e. The molecule has 1 heterocycles. The summed E-state index contributed by atoms with van der Waals surface area (Å²) in [7, 11) is 0. The highest BCUT2D eigenvalue weighted by Crippen LogP contribution is 2.29. The number of rotatable bonds is 4. The number of thiazole rings is 1. The number of fused-ring (bicyclic) bond motifs is 1. The third-order valence-electron chi connectivity index (χ3n) is 3.99. The van der Waals surface area contributed by atoms with Crippen molar-refractivity contribution in [2.75, 3.05) is 5.32 Å². The fourth-order valence-corrected chi connectivity index (χ4v) is 3.63. The zero-order chi connectivity index (χ0) is 15.5. The summed E-state index contributed by atoms with van der Waals surface area (Å²) in [6, 6.07) is 6.66. The number of amides is 1. The second-order valence-corrected chi connectivity index (χ2v) is 7.23. The zero-order valence-electron chi connectivity index (χ0n) is 13.2. The number of nitrogens with one attached hydrogen (secondary N) is 1. The maximum atomic E-state index is 11.8. The van der Waals surface area contributed by atoms with Gasteiger partial charge in [0.1, 0.15) is 0 Å². The van der Waals surface area contributed by atoms with Crippen LogP contribution in [0.3, 0.4) is 0 Å². The van der Waals surface area contributed by atoms with Crippen LogP contribution in [0.25, 0.3) is 11.3 Å². The first-order valence-corrected chi connectivity index (χ1v) is 8.87. The average Bonchev–Trinajstić information content (AvgIpc) is 2.94. The predicted molar refractivity (Wildman–Crippen MR) is 92.3 cm³/mol. The molecule has 4 heteroatoms. The minimum absolute atomic E-state index is 0.0429. The number of anilines is 1. The SMILES string of the molecule is CC(C)CC(=O)Nc1nc(-c2ccc3c(c2)CCCC3)cs1. The number of aromatic nitrogens is 1. The van der Waals surface area contributed by atoms with Gasteiger partial charge in [0.15, 0.2) is 5.13 Å². The summed E-state index contributed by atoms with van der Waals surface area (Å²) in [6.07, 6.45) is 5.49. The van der Waals surface area contributed by atoms with Gasteiger partial charge in [0.05, 0.1) is 5.69 Å². The van der Waals surface area contributed by atoms with Crippen molar-refractivity contribution in [3.05, 3.63) is 34.7 Å². The maximum absolute atomic E-state index is 11.8. The molecule has 0 atom stereocenters. The molecule has 1 N–H and O–H groups in total. The fourth-order valence-electron chi connectivity index (χ4n) is 2.90. The molecule has 0 radical (unpaired) electrons. The van der Waals surface area contributed by atoms with E-state index in [1.54, 1.807) is 0 Å². The molecule has 0 saturated heterocycles. The number of benzene rings is 1. The van der Waals surface area contributed by atoms with Gasteiger partial charge in [-0.25, -0.2) is 4.98 Å². The van der Waals surface area contributed by atoms with E-state index in [-0.39, 0.29) is 5.91 Å². The number of nitrogens with zero attached hydrogens (tertiary/aromatic N) is 1. The Labute approximate surface area is 135 Å². The number of hydrogen-bond acceptors (Lipinski definition) is 3. The van der Waals surface area contributed by atoms with E-state index in [2.05, 4.69) is 28.5 Å². The molecule has 3 rings (SSSR count). The molecule has 3 nitrogen and oxygen atoms in total. The van der Waals surface area contributed by atoms with Gasteiger partial charge in [-0.3, -0.25) is 4.79 Å². The molecule has 1 aliphatic rings. The van der Waals surface area contributed by atoms with Gasteiger partial charge in [0.25, 0.3) is 0 Å². The lowest BCUT2D eigenvalue weighted by molar-refractivity contribution is -0.116. The number of carbonyl (C=O) groups is 1. The molecular weight excluding hydrogens is 292 g/mol. The normalized spacial score (nSPS) is 14.0. The summed E-state index contributed by atoms with van der Waals surface area (Å²) in [5, 5.41) is 5.61. The fraction of sp³-hybridized carbons (Fsp3) is 0.444. The quantitative estimate of drug-likeness (QED) is 0.890. The molecule has 1 aromatic heterocycles. The lowest BCUT2D eigenvalue weighted by Gasteiger charge is -2.16. The van der Waals surface area contributed by atoms with Crippen LogP contribution in [0.4, 0.5) is 5.13 Å². The van der Waals surface area contributed by atoms with Crippen molar-refractivity contribution in [2.24, 2.45) is 5.92 Å². The van der Waals surface area contributed by atoms with E-state index in [0.717, 1.165) is 11.3 Å². The molecule has 1 aliphatic carbocycles. The van der Waals surface area contributed by atoms with Crippen LogP contribution in [0.1, 0.15) is 44.2 Å². The highest BCUT2D eigenvalue weighted by atomic mass is 32.1. The highest BCUT2D eigenvalue weighted by Gasteiger charge is 2.13. The summed E-state index contributed by atoms with van der Waals surface area (Å²) in [5.41, 5.74) is 5.05. The number of aryl methyl sites for hydroxylation is 2. The minimum atomic E-state index is 0.0429. The van der Waals surface area contributed by atoms with E-state index < -0.39 is 0 Å². The molecule has 0 bridgehead atoms. The van der Waals surface area contributed by atoms with Gasteiger partial charge < -0.3 is 5.32 Å². The van der Waals surface area contributed by atoms with Gasteiger partial charge in [0.2, 0.25) is 5.91 Å². The summed E-state index contributed by atoms with van der Waals surface area (Å²) in [5.74, 6) is 0.404. The van der Waals surface area contributed by atoms with E-state index >= 15 is 0 Å². The molecule has 0 aliphatic heterocycles. The Bertz CT molecular complexity index is 675. The lowest BCUT2D eigenvalue weighted by Crippen LogP contribution is -2.13. The van der Waals surface area contributed by atoms with E-state index in [4.69, 9.17) is 0 Å². The Morgan fingerprint density at radius 3 is 2.82 bits per heavy atom. The third kappa shape index (κ3) is 3.55. The molecule has 116 valence electrons.